The summed E-state index contributed by atoms with van der Waals surface area (Å²) in [6.45, 7) is 1.30. The first-order valence-corrected chi connectivity index (χ1v) is 13.3. The number of nitrogens with one attached hydrogen (secondary N) is 1. The zero-order valence-corrected chi connectivity index (χ0v) is 21.2. The molecule has 0 aliphatic carbocycles. The van der Waals surface area contributed by atoms with Gasteiger partial charge in [0.2, 0.25) is 0 Å². The van der Waals surface area contributed by atoms with Crippen molar-refractivity contribution in [2.24, 2.45) is 0 Å². The van der Waals surface area contributed by atoms with E-state index in [-0.39, 0.29) is 40.8 Å². The number of ether oxygens (including phenoxy) is 1. The van der Waals surface area contributed by atoms with Crippen molar-refractivity contribution < 1.29 is 27.5 Å². The molecule has 0 aliphatic heterocycles. The molecule has 0 bridgehead atoms. The highest BCUT2D eigenvalue weighted by Gasteiger charge is 2.25. The number of esters is 1. The van der Waals surface area contributed by atoms with Crippen LogP contribution in [0.3, 0.4) is 0 Å². The molecule has 0 saturated carbocycles. The summed E-state index contributed by atoms with van der Waals surface area (Å²) in [5, 5.41) is 4.35. The minimum absolute atomic E-state index is 0.0258. The molecule has 11 heteroatoms. The average molecular weight is 535 g/mol. The van der Waals surface area contributed by atoms with Gasteiger partial charge in [0.15, 0.2) is 12.4 Å². The number of carbonyl (C=O) groups excluding carboxylic acids is 3. The van der Waals surface area contributed by atoms with Gasteiger partial charge in [0.05, 0.1) is 32.6 Å². The smallest absolute Gasteiger partial charge is 0.306 e. The average Bonchev–Trinajstić information content (AvgIpc) is 3.39. The maximum atomic E-state index is 13.2. The lowest BCUT2D eigenvalue weighted by Crippen LogP contribution is -2.30. The van der Waals surface area contributed by atoms with Crippen molar-refractivity contribution in [3.8, 4) is 0 Å². The van der Waals surface area contributed by atoms with Crippen LogP contribution in [0.1, 0.15) is 29.4 Å². The topological polar surface area (TPSA) is 110 Å². The number of halogens is 1. The van der Waals surface area contributed by atoms with Gasteiger partial charge in [-0.2, -0.15) is 0 Å². The van der Waals surface area contributed by atoms with Crippen LogP contribution in [0.5, 0.6) is 0 Å². The highest BCUT2D eigenvalue weighted by molar-refractivity contribution is 7.92. The molecule has 0 radical (unpaired) electrons. The lowest BCUT2D eigenvalue weighted by atomic mass is 10.2. The zero-order valence-electron chi connectivity index (χ0n) is 18.8. The highest BCUT2D eigenvalue weighted by Crippen LogP contribution is 2.29. The van der Waals surface area contributed by atoms with Gasteiger partial charge in [-0.3, -0.25) is 18.7 Å². The molecule has 0 saturated heterocycles. The largest absolute Gasteiger partial charge is 0.456 e. The molecule has 0 aliphatic rings. The molecule has 8 nitrogen and oxygen atoms in total. The number of benzene rings is 2. The third kappa shape index (κ3) is 6.91. The van der Waals surface area contributed by atoms with Crippen molar-refractivity contribution in [2.45, 2.75) is 24.7 Å². The Kier molecular flexibility index (Phi) is 9.02. The molecule has 0 unspecified atom stereocenters. The van der Waals surface area contributed by atoms with Crippen LogP contribution in [-0.2, 0) is 24.3 Å². The predicted molar refractivity (Wildman–Crippen MR) is 136 cm³/mol. The van der Waals surface area contributed by atoms with Crippen LogP contribution in [0.25, 0.3) is 0 Å². The number of anilines is 2. The van der Waals surface area contributed by atoms with Crippen molar-refractivity contribution in [1.82, 2.24) is 0 Å². The molecule has 184 valence electrons. The van der Waals surface area contributed by atoms with Gasteiger partial charge < -0.3 is 10.1 Å². The number of nitrogens with zero attached hydrogens (tertiary/aromatic N) is 1. The zero-order chi connectivity index (χ0) is 25.4. The lowest BCUT2D eigenvalue weighted by Gasteiger charge is -2.23. The summed E-state index contributed by atoms with van der Waals surface area (Å²) >= 11 is 7.43. The van der Waals surface area contributed by atoms with E-state index >= 15 is 0 Å². The van der Waals surface area contributed by atoms with E-state index in [4.69, 9.17) is 16.3 Å². The number of rotatable bonds is 11. The molecular weight excluding hydrogens is 512 g/mol. The second-order valence-electron chi connectivity index (χ2n) is 7.26. The number of sulfonamides is 1. The van der Waals surface area contributed by atoms with Crippen LogP contribution in [0.2, 0.25) is 5.02 Å². The number of ketones is 1. The Bertz CT molecular complexity index is 1290. The van der Waals surface area contributed by atoms with Crippen molar-refractivity contribution in [2.75, 3.05) is 22.8 Å². The first-order chi connectivity index (χ1) is 16.7. The SMILES string of the molecule is CCN(c1ccccc1)S(=O)(=O)c1ccc(Cl)c(NC(=O)COC(=O)CCC(=O)c2cccs2)c1. The maximum Gasteiger partial charge on any atom is 0.306 e. The van der Waals surface area contributed by atoms with E-state index in [0.29, 0.717) is 10.6 Å². The van der Waals surface area contributed by atoms with E-state index in [1.54, 1.807) is 54.8 Å². The van der Waals surface area contributed by atoms with Crippen molar-refractivity contribution >= 4 is 62.0 Å². The molecule has 1 aromatic heterocycles. The summed E-state index contributed by atoms with van der Waals surface area (Å²) in [6.07, 6.45) is -0.188. The molecule has 1 amide bonds. The Morgan fingerprint density at radius 3 is 2.43 bits per heavy atom. The Balaban J connectivity index is 1.61. The number of hydrogen-bond acceptors (Lipinski definition) is 7. The predicted octanol–water partition coefficient (Wildman–Crippen LogP) is 4.76. The first-order valence-electron chi connectivity index (χ1n) is 10.6. The van der Waals surface area contributed by atoms with Crippen LogP contribution in [0.4, 0.5) is 11.4 Å². The Labute approximate surface area is 212 Å². The standard InChI is InChI=1S/C24H23ClN2O6S2/c1-2-27(17-7-4-3-5-8-17)35(31,32)18-10-11-19(25)20(15-18)26-23(29)16-33-24(30)13-12-21(28)22-9-6-14-34-22/h3-11,14-15H,2,12-13,16H2,1H3,(H,26,29). The molecule has 1 heterocycles. The van der Waals surface area contributed by atoms with Crippen molar-refractivity contribution in [1.29, 1.82) is 0 Å². The van der Waals surface area contributed by atoms with Crippen LogP contribution < -0.4 is 9.62 Å². The number of amides is 1. The van der Waals surface area contributed by atoms with E-state index in [2.05, 4.69) is 5.32 Å². The Morgan fingerprint density at radius 2 is 1.77 bits per heavy atom. The molecule has 0 atom stereocenters. The molecule has 2 aromatic carbocycles. The highest BCUT2D eigenvalue weighted by atomic mass is 35.5. The summed E-state index contributed by atoms with van der Waals surface area (Å²) in [5.41, 5.74) is 0.561. The van der Waals surface area contributed by atoms with Gasteiger partial charge in [0, 0.05) is 13.0 Å². The van der Waals surface area contributed by atoms with E-state index in [0.717, 1.165) is 0 Å². The lowest BCUT2D eigenvalue weighted by molar-refractivity contribution is -0.147. The van der Waals surface area contributed by atoms with E-state index in [1.807, 2.05) is 0 Å². The third-order valence-electron chi connectivity index (χ3n) is 4.85. The fraction of sp³-hybridized carbons (Fsp3) is 0.208. The molecule has 3 aromatic rings. The van der Waals surface area contributed by atoms with Crippen molar-refractivity contribution in [3.63, 3.8) is 0 Å². The van der Waals surface area contributed by atoms with E-state index in [9.17, 15) is 22.8 Å². The number of thiophene rings is 1. The number of hydrogen-bond donors (Lipinski definition) is 1. The minimum Gasteiger partial charge on any atom is -0.456 e. The molecule has 35 heavy (non-hydrogen) atoms. The molecular formula is C24H23ClN2O6S2. The maximum absolute atomic E-state index is 13.2. The summed E-state index contributed by atoms with van der Waals surface area (Å²) in [5.74, 6) is -1.58. The Morgan fingerprint density at radius 1 is 1.03 bits per heavy atom. The van der Waals surface area contributed by atoms with E-state index < -0.39 is 28.5 Å². The van der Waals surface area contributed by atoms with Crippen molar-refractivity contribution in [3.05, 3.63) is 75.9 Å². The second-order valence-corrected chi connectivity index (χ2v) is 10.5. The first kappa shape index (κ1) is 26.4. The number of para-hydroxylation sites is 1. The number of carbonyl (C=O) groups is 3. The van der Waals surface area contributed by atoms with Crippen LogP contribution in [0.15, 0.2) is 70.9 Å². The molecule has 1 N–H and O–H groups in total. The van der Waals surface area contributed by atoms with Gasteiger partial charge in [-0.15, -0.1) is 11.3 Å². The minimum atomic E-state index is -3.93. The van der Waals surface area contributed by atoms with Crippen LogP contribution >= 0.6 is 22.9 Å². The Hall–Kier alpha value is -3.21. The van der Waals surface area contributed by atoms with E-state index in [1.165, 1.54) is 33.8 Å². The van der Waals surface area contributed by atoms with Gasteiger partial charge >= 0.3 is 5.97 Å². The monoisotopic (exact) mass is 534 g/mol. The van der Waals surface area contributed by atoms with Gasteiger partial charge in [-0.05, 0) is 48.7 Å². The van der Waals surface area contributed by atoms with Crippen LogP contribution in [0, 0.1) is 0 Å². The fourth-order valence-electron chi connectivity index (χ4n) is 3.15. The number of Topliss-reactive ketones (excluding diaryl/α,β-unsaturated/α-hetero) is 1. The van der Waals surface area contributed by atoms with Gasteiger partial charge in [0.1, 0.15) is 0 Å². The second kappa shape index (κ2) is 12.0. The third-order valence-corrected chi connectivity index (χ3v) is 7.99. The molecule has 0 fully saturated rings. The molecule has 3 rings (SSSR count). The summed E-state index contributed by atoms with van der Waals surface area (Å²) in [7, 11) is -3.93. The van der Waals surface area contributed by atoms with Gasteiger partial charge in [-0.25, -0.2) is 8.42 Å². The van der Waals surface area contributed by atoms with Gasteiger partial charge in [0.25, 0.3) is 15.9 Å². The van der Waals surface area contributed by atoms with Crippen LogP contribution in [-0.4, -0.2) is 39.2 Å². The summed E-state index contributed by atoms with van der Waals surface area (Å²) in [6, 6.07) is 16.0. The molecule has 0 spiro atoms. The summed E-state index contributed by atoms with van der Waals surface area (Å²) < 4.78 is 32.6. The quantitative estimate of drug-likeness (QED) is 0.280. The van der Waals surface area contributed by atoms with Gasteiger partial charge in [-0.1, -0.05) is 35.9 Å². The summed E-state index contributed by atoms with van der Waals surface area (Å²) in [4.78, 5) is 36.6. The normalized spacial score (nSPS) is 11.0. The fourth-order valence-corrected chi connectivity index (χ4v) is 5.51.